The predicted molar refractivity (Wildman–Crippen MR) is 62.2 cm³/mol. The third kappa shape index (κ3) is 1.38. The fourth-order valence-electron chi connectivity index (χ4n) is 1.58. The van der Waals surface area contributed by atoms with Crippen molar-refractivity contribution in [3.05, 3.63) is 24.2 Å². The second kappa shape index (κ2) is 3.64. The molecule has 0 radical (unpaired) electrons. The van der Waals surface area contributed by atoms with Crippen LogP contribution in [-0.2, 0) is 6.42 Å². The molecule has 80 valence electrons. The van der Waals surface area contributed by atoms with Gasteiger partial charge in [-0.25, -0.2) is 4.98 Å². The van der Waals surface area contributed by atoms with Crippen molar-refractivity contribution in [2.75, 3.05) is 0 Å². The Hall–Kier alpha value is -1.82. The zero-order valence-electron chi connectivity index (χ0n) is 8.64. The van der Waals surface area contributed by atoms with Gasteiger partial charge in [0.2, 0.25) is 0 Å². The summed E-state index contributed by atoms with van der Waals surface area (Å²) in [6, 6.07) is 1.88. The Kier molecular flexibility index (Phi) is 2.14. The van der Waals surface area contributed by atoms with Crippen LogP contribution in [0, 0.1) is 0 Å². The summed E-state index contributed by atoms with van der Waals surface area (Å²) in [4.78, 5) is 12.8. The highest BCUT2D eigenvalue weighted by molar-refractivity contribution is 7.09. The van der Waals surface area contributed by atoms with E-state index in [1.54, 1.807) is 12.4 Å². The molecule has 1 N–H and O–H groups in total. The fraction of sp³-hybridized carbons (Fsp3) is 0.200. The molecule has 6 heteroatoms. The van der Waals surface area contributed by atoms with E-state index in [1.165, 1.54) is 11.5 Å². The topological polar surface area (TPSA) is 67.3 Å². The van der Waals surface area contributed by atoms with Crippen molar-refractivity contribution in [1.29, 1.82) is 0 Å². The first-order valence-corrected chi connectivity index (χ1v) is 5.77. The van der Waals surface area contributed by atoms with E-state index in [2.05, 4.69) is 31.5 Å². The fourth-order valence-corrected chi connectivity index (χ4v) is 2.28. The number of rotatable bonds is 2. The second-order valence-electron chi connectivity index (χ2n) is 3.38. The molecular formula is C10H9N5S. The number of imidazole rings is 1. The Balaban J connectivity index is 2.19. The molecule has 0 atom stereocenters. The molecule has 0 aliphatic heterocycles. The van der Waals surface area contributed by atoms with Gasteiger partial charge in [-0.05, 0) is 24.0 Å². The van der Waals surface area contributed by atoms with E-state index in [0.717, 1.165) is 33.8 Å². The van der Waals surface area contributed by atoms with Crippen LogP contribution in [-0.4, -0.2) is 24.5 Å². The van der Waals surface area contributed by atoms with Crippen molar-refractivity contribution in [1.82, 2.24) is 24.5 Å². The van der Waals surface area contributed by atoms with E-state index < -0.39 is 0 Å². The highest BCUT2D eigenvalue weighted by Crippen LogP contribution is 2.25. The molecule has 0 saturated carbocycles. The molecule has 5 nitrogen and oxygen atoms in total. The SMILES string of the molecule is CCc1nnsc1-c1nc2ccncc2[nH]1. The van der Waals surface area contributed by atoms with Crippen LogP contribution in [0.15, 0.2) is 18.5 Å². The largest absolute Gasteiger partial charge is 0.336 e. The van der Waals surface area contributed by atoms with Gasteiger partial charge in [0.05, 0.1) is 22.9 Å². The van der Waals surface area contributed by atoms with Gasteiger partial charge >= 0.3 is 0 Å². The normalized spacial score (nSPS) is 11.1. The lowest BCUT2D eigenvalue weighted by Crippen LogP contribution is -1.85. The van der Waals surface area contributed by atoms with E-state index in [1.807, 2.05) is 6.07 Å². The first-order chi connectivity index (χ1) is 7.88. The molecule has 0 spiro atoms. The lowest BCUT2D eigenvalue weighted by molar-refractivity contribution is 0.990. The zero-order valence-corrected chi connectivity index (χ0v) is 9.45. The van der Waals surface area contributed by atoms with Gasteiger partial charge < -0.3 is 4.98 Å². The van der Waals surface area contributed by atoms with Gasteiger partial charge in [-0.2, -0.15) is 0 Å². The maximum atomic E-state index is 4.50. The number of pyridine rings is 1. The number of nitrogens with one attached hydrogen (secondary N) is 1. The molecule has 0 fully saturated rings. The van der Waals surface area contributed by atoms with Crippen LogP contribution in [0.25, 0.3) is 21.7 Å². The molecule has 3 aromatic heterocycles. The molecule has 0 unspecified atom stereocenters. The van der Waals surface area contributed by atoms with Gasteiger partial charge in [0.1, 0.15) is 4.88 Å². The molecule has 0 bridgehead atoms. The maximum absolute atomic E-state index is 4.50. The molecule has 16 heavy (non-hydrogen) atoms. The highest BCUT2D eigenvalue weighted by Gasteiger charge is 2.12. The quantitative estimate of drug-likeness (QED) is 0.732. The van der Waals surface area contributed by atoms with Crippen LogP contribution in [0.3, 0.4) is 0 Å². The lowest BCUT2D eigenvalue weighted by Gasteiger charge is -1.91. The van der Waals surface area contributed by atoms with Gasteiger partial charge in [-0.15, -0.1) is 5.10 Å². The molecule has 3 heterocycles. The Bertz CT molecular complexity index is 594. The Morgan fingerprint density at radius 1 is 1.44 bits per heavy atom. The average molecular weight is 231 g/mol. The smallest absolute Gasteiger partial charge is 0.152 e. The number of aromatic amines is 1. The highest BCUT2D eigenvalue weighted by atomic mass is 32.1. The molecule has 3 aromatic rings. The number of aromatic nitrogens is 5. The van der Waals surface area contributed by atoms with Crippen LogP contribution in [0.5, 0.6) is 0 Å². The first-order valence-electron chi connectivity index (χ1n) is 5.00. The van der Waals surface area contributed by atoms with Crippen molar-refractivity contribution in [3.8, 4) is 10.7 Å². The van der Waals surface area contributed by atoms with E-state index in [0.29, 0.717) is 0 Å². The van der Waals surface area contributed by atoms with Crippen LogP contribution < -0.4 is 0 Å². The third-order valence-corrected chi connectivity index (χ3v) is 3.16. The van der Waals surface area contributed by atoms with Gasteiger partial charge in [0.25, 0.3) is 0 Å². The predicted octanol–water partition coefficient (Wildman–Crippen LogP) is 2.04. The van der Waals surface area contributed by atoms with Gasteiger partial charge in [0, 0.05) is 6.20 Å². The molecular weight excluding hydrogens is 222 g/mol. The van der Waals surface area contributed by atoms with Crippen molar-refractivity contribution >= 4 is 22.6 Å². The van der Waals surface area contributed by atoms with Crippen molar-refractivity contribution in [3.63, 3.8) is 0 Å². The molecule has 0 saturated heterocycles. The van der Waals surface area contributed by atoms with E-state index in [-0.39, 0.29) is 0 Å². The number of aryl methyl sites for hydroxylation is 1. The van der Waals surface area contributed by atoms with Crippen molar-refractivity contribution in [2.24, 2.45) is 0 Å². The molecule has 0 aliphatic rings. The van der Waals surface area contributed by atoms with E-state index in [9.17, 15) is 0 Å². The standard InChI is InChI=1S/C10H9N5S/c1-2-6-9(16-15-14-6)10-12-7-3-4-11-5-8(7)13-10/h3-5H,2H2,1H3,(H,12,13). The van der Waals surface area contributed by atoms with Crippen LogP contribution in [0.4, 0.5) is 0 Å². The summed E-state index contributed by atoms with van der Waals surface area (Å²) >= 11 is 1.37. The zero-order chi connectivity index (χ0) is 11.0. The monoisotopic (exact) mass is 231 g/mol. The van der Waals surface area contributed by atoms with Gasteiger partial charge in [0.15, 0.2) is 5.82 Å². The lowest BCUT2D eigenvalue weighted by atomic mass is 10.3. The third-order valence-electron chi connectivity index (χ3n) is 2.39. The minimum absolute atomic E-state index is 0.829. The average Bonchev–Trinajstić information content (AvgIpc) is 2.94. The van der Waals surface area contributed by atoms with Crippen LogP contribution in [0.2, 0.25) is 0 Å². The van der Waals surface area contributed by atoms with Crippen LogP contribution in [0.1, 0.15) is 12.6 Å². The summed E-state index contributed by atoms with van der Waals surface area (Å²) < 4.78 is 3.96. The number of H-pyrrole nitrogens is 1. The molecule has 0 aliphatic carbocycles. The van der Waals surface area contributed by atoms with Crippen molar-refractivity contribution in [2.45, 2.75) is 13.3 Å². The molecule has 0 aromatic carbocycles. The number of hydrogen-bond acceptors (Lipinski definition) is 5. The Morgan fingerprint density at radius 3 is 3.19 bits per heavy atom. The number of hydrogen-bond donors (Lipinski definition) is 1. The van der Waals surface area contributed by atoms with Gasteiger partial charge in [-0.3, -0.25) is 4.98 Å². The molecule has 3 rings (SSSR count). The Labute approximate surface area is 95.7 Å². The summed E-state index contributed by atoms with van der Waals surface area (Å²) in [5, 5.41) is 4.07. The number of fused-ring (bicyclic) bond motifs is 1. The summed E-state index contributed by atoms with van der Waals surface area (Å²) in [5.74, 6) is 0.829. The summed E-state index contributed by atoms with van der Waals surface area (Å²) in [5.41, 5.74) is 2.84. The van der Waals surface area contributed by atoms with Crippen LogP contribution >= 0.6 is 11.5 Å². The Morgan fingerprint density at radius 2 is 2.38 bits per heavy atom. The van der Waals surface area contributed by atoms with Crippen molar-refractivity contribution < 1.29 is 0 Å². The summed E-state index contributed by atoms with van der Waals surface area (Å²) in [6.45, 7) is 2.06. The molecule has 0 amide bonds. The second-order valence-corrected chi connectivity index (χ2v) is 4.13. The maximum Gasteiger partial charge on any atom is 0.152 e. The summed E-state index contributed by atoms with van der Waals surface area (Å²) in [6.07, 6.45) is 4.37. The minimum atomic E-state index is 0.829. The first kappa shape index (κ1) is 9.41. The van der Waals surface area contributed by atoms with E-state index >= 15 is 0 Å². The van der Waals surface area contributed by atoms with Gasteiger partial charge in [-0.1, -0.05) is 11.4 Å². The summed E-state index contributed by atoms with van der Waals surface area (Å²) in [7, 11) is 0. The number of nitrogens with zero attached hydrogens (tertiary/aromatic N) is 4. The minimum Gasteiger partial charge on any atom is -0.336 e. The van der Waals surface area contributed by atoms with E-state index in [4.69, 9.17) is 0 Å².